The van der Waals surface area contributed by atoms with Crippen molar-refractivity contribution in [3.63, 3.8) is 0 Å². The summed E-state index contributed by atoms with van der Waals surface area (Å²) in [5.74, 6) is 0.843. The molecule has 0 N–H and O–H groups in total. The topological polar surface area (TPSA) is 53.3 Å². The van der Waals surface area contributed by atoms with Gasteiger partial charge in [0.25, 0.3) is 0 Å². The van der Waals surface area contributed by atoms with E-state index in [0.29, 0.717) is 18.4 Å². The molecule has 4 heteroatoms. The molecule has 0 unspecified atom stereocenters. The van der Waals surface area contributed by atoms with Gasteiger partial charge in [-0.1, -0.05) is 6.92 Å². The summed E-state index contributed by atoms with van der Waals surface area (Å²) in [6, 6.07) is 1.89. The largest absolute Gasteiger partial charge is 0.381 e. The van der Waals surface area contributed by atoms with Gasteiger partial charge in [0.2, 0.25) is 5.91 Å². The molecule has 1 aliphatic heterocycles. The molecule has 1 saturated heterocycles. The molecule has 0 aromatic carbocycles. The van der Waals surface area contributed by atoms with Crippen LogP contribution in [0.3, 0.4) is 0 Å². The van der Waals surface area contributed by atoms with Gasteiger partial charge in [-0.05, 0) is 12.8 Å². The number of carbonyl (C=O) groups excluding carboxylic acids is 1. The van der Waals surface area contributed by atoms with Crippen LogP contribution >= 0.6 is 0 Å². The molecule has 1 rings (SSSR count). The van der Waals surface area contributed by atoms with Gasteiger partial charge in [-0.25, -0.2) is 0 Å². The lowest BCUT2D eigenvalue weighted by Gasteiger charge is -2.14. The van der Waals surface area contributed by atoms with Crippen molar-refractivity contribution in [1.82, 2.24) is 4.90 Å². The summed E-state index contributed by atoms with van der Waals surface area (Å²) in [5, 5.41) is 8.45. The van der Waals surface area contributed by atoms with Gasteiger partial charge in [-0.2, -0.15) is 5.26 Å². The smallest absolute Gasteiger partial charge is 0.236 e. The zero-order valence-corrected chi connectivity index (χ0v) is 9.40. The molecule has 0 radical (unpaired) electrons. The number of hydrogen-bond acceptors (Lipinski definition) is 3. The molecule has 0 aromatic heterocycles. The van der Waals surface area contributed by atoms with Crippen molar-refractivity contribution in [2.75, 3.05) is 26.3 Å². The van der Waals surface area contributed by atoms with Crippen LogP contribution in [0.1, 0.15) is 20.3 Å². The van der Waals surface area contributed by atoms with E-state index in [9.17, 15) is 4.79 Å². The molecule has 0 spiro atoms. The normalized spacial score (nSPS) is 25.3. The Hall–Kier alpha value is -1.08. The number of amides is 1. The number of carbonyl (C=O) groups is 1. The van der Waals surface area contributed by atoms with Gasteiger partial charge in [0.1, 0.15) is 6.42 Å². The predicted octanol–water partition coefficient (Wildman–Crippen LogP) is 1.03. The van der Waals surface area contributed by atoms with Gasteiger partial charge in [0.15, 0.2) is 0 Å². The van der Waals surface area contributed by atoms with E-state index in [1.54, 1.807) is 4.90 Å². The van der Waals surface area contributed by atoms with Crippen molar-refractivity contribution in [3.8, 4) is 6.07 Å². The Morgan fingerprint density at radius 2 is 2.33 bits per heavy atom. The van der Waals surface area contributed by atoms with E-state index >= 15 is 0 Å². The fourth-order valence-electron chi connectivity index (χ4n) is 1.90. The van der Waals surface area contributed by atoms with Gasteiger partial charge in [0, 0.05) is 25.6 Å². The van der Waals surface area contributed by atoms with E-state index < -0.39 is 0 Å². The lowest BCUT2D eigenvalue weighted by molar-refractivity contribution is -0.129. The molecule has 2 atom stereocenters. The molecule has 1 heterocycles. The average Bonchev–Trinajstić information content (AvgIpc) is 2.57. The summed E-state index contributed by atoms with van der Waals surface area (Å²) < 4.78 is 5.37. The third-order valence-corrected chi connectivity index (χ3v) is 2.89. The fourth-order valence-corrected chi connectivity index (χ4v) is 1.90. The Balaban J connectivity index is 2.41. The maximum absolute atomic E-state index is 11.5. The zero-order valence-electron chi connectivity index (χ0n) is 9.40. The highest BCUT2D eigenvalue weighted by Gasteiger charge is 2.31. The molecular weight excluding hydrogens is 192 g/mol. The predicted molar refractivity (Wildman–Crippen MR) is 56.0 cm³/mol. The standard InChI is InChI=1S/C11H18N2O2/c1-3-15-8-10-7-13(6-9(10)2)11(14)4-5-12/h9-10H,3-4,6-8H2,1-2H3/t9-,10-/m1/s1. The van der Waals surface area contributed by atoms with Gasteiger partial charge < -0.3 is 9.64 Å². The van der Waals surface area contributed by atoms with Crippen LogP contribution in [-0.4, -0.2) is 37.1 Å². The minimum Gasteiger partial charge on any atom is -0.381 e. The Morgan fingerprint density at radius 3 is 2.93 bits per heavy atom. The third kappa shape index (κ3) is 3.21. The van der Waals surface area contributed by atoms with E-state index in [4.69, 9.17) is 10.00 Å². The quantitative estimate of drug-likeness (QED) is 0.696. The second-order valence-electron chi connectivity index (χ2n) is 4.03. The fraction of sp³-hybridized carbons (Fsp3) is 0.818. The van der Waals surface area contributed by atoms with Gasteiger partial charge in [-0.3, -0.25) is 4.79 Å². The SMILES string of the molecule is CCOC[C@H]1CN(C(=O)CC#N)C[C@H]1C. The van der Waals surface area contributed by atoms with Gasteiger partial charge in [0.05, 0.1) is 12.7 Å². The lowest BCUT2D eigenvalue weighted by atomic mass is 9.99. The van der Waals surface area contributed by atoms with Gasteiger partial charge >= 0.3 is 0 Å². The first-order valence-electron chi connectivity index (χ1n) is 5.41. The number of hydrogen-bond donors (Lipinski definition) is 0. The van der Waals surface area contributed by atoms with Crippen LogP contribution in [0.2, 0.25) is 0 Å². The first kappa shape index (κ1) is 12.0. The second-order valence-corrected chi connectivity index (χ2v) is 4.03. The maximum atomic E-state index is 11.5. The maximum Gasteiger partial charge on any atom is 0.236 e. The summed E-state index contributed by atoms with van der Waals surface area (Å²) in [6.07, 6.45) is -0.00588. The Morgan fingerprint density at radius 1 is 1.60 bits per heavy atom. The second kappa shape index (κ2) is 5.72. The van der Waals surface area contributed by atoms with E-state index in [-0.39, 0.29) is 12.3 Å². The first-order chi connectivity index (χ1) is 7.19. The molecule has 1 fully saturated rings. The Kier molecular flexibility index (Phi) is 4.57. The molecule has 15 heavy (non-hydrogen) atoms. The van der Waals surface area contributed by atoms with Crippen LogP contribution in [0, 0.1) is 23.2 Å². The van der Waals surface area contributed by atoms with Crippen molar-refractivity contribution in [1.29, 1.82) is 5.26 Å². The van der Waals surface area contributed by atoms with Gasteiger partial charge in [-0.15, -0.1) is 0 Å². The number of rotatable bonds is 4. The van der Waals surface area contributed by atoms with Crippen molar-refractivity contribution in [2.24, 2.45) is 11.8 Å². The van der Waals surface area contributed by atoms with Crippen LogP contribution < -0.4 is 0 Å². The Bertz CT molecular complexity index is 260. The summed E-state index contributed by atoms with van der Waals surface area (Å²) in [4.78, 5) is 13.2. The van der Waals surface area contributed by atoms with Crippen LogP contribution in [0.15, 0.2) is 0 Å². The van der Waals surface area contributed by atoms with Crippen molar-refractivity contribution < 1.29 is 9.53 Å². The number of ether oxygens (including phenoxy) is 1. The van der Waals surface area contributed by atoms with E-state index in [1.165, 1.54) is 0 Å². The van der Waals surface area contributed by atoms with Crippen molar-refractivity contribution in [3.05, 3.63) is 0 Å². The molecule has 0 aliphatic carbocycles. The van der Waals surface area contributed by atoms with Crippen LogP contribution in [0.25, 0.3) is 0 Å². The van der Waals surface area contributed by atoms with Crippen LogP contribution in [0.5, 0.6) is 0 Å². The molecule has 84 valence electrons. The summed E-state index contributed by atoms with van der Waals surface area (Å²) in [7, 11) is 0. The third-order valence-electron chi connectivity index (χ3n) is 2.89. The molecule has 0 aromatic rings. The van der Waals surface area contributed by atoms with Crippen LogP contribution in [-0.2, 0) is 9.53 Å². The minimum absolute atomic E-state index is 0.00588. The first-order valence-corrected chi connectivity index (χ1v) is 5.41. The molecule has 1 amide bonds. The van der Waals surface area contributed by atoms with E-state index in [0.717, 1.165) is 19.7 Å². The summed E-state index contributed by atoms with van der Waals surface area (Å²) >= 11 is 0. The highest BCUT2D eigenvalue weighted by atomic mass is 16.5. The molecule has 4 nitrogen and oxygen atoms in total. The molecule has 0 saturated carbocycles. The highest BCUT2D eigenvalue weighted by Crippen LogP contribution is 2.23. The number of nitriles is 1. The molecular formula is C11H18N2O2. The number of nitrogens with zero attached hydrogens (tertiary/aromatic N) is 2. The Labute approximate surface area is 90.8 Å². The van der Waals surface area contributed by atoms with Crippen molar-refractivity contribution in [2.45, 2.75) is 20.3 Å². The zero-order chi connectivity index (χ0) is 11.3. The van der Waals surface area contributed by atoms with E-state index in [1.807, 2.05) is 13.0 Å². The minimum atomic E-state index is -0.0525. The average molecular weight is 210 g/mol. The monoisotopic (exact) mass is 210 g/mol. The lowest BCUT2D eigenvalue weighted by Crippen LogP contribution is -2.28. The summed E-state index contributed by atoms with van der Waals surface area (Å²) in [5.41, 5.74) is 0. The van der Waals surface area contributed by atoms with Crippen molar-refractivity contribution >= 4 is 5.91 Å². The summed E-state index contributed by atoms with van der Waals surface area (Å²) in [6.45, 7) is 7.03. The highest BCUT2D eigenvalue weighted by molar-refractivity contribution is 5.78. The van der Waals surface area contributed by atoms with E-state index in [2.05, 4.69) is 6.92 Å². The van der Waals surface area contributed by atoms with Crippen LogP contribution in [0.4, 0.5) is 0 Å². The molecule has 0 bridgehead atoms. The molecule has 1 aliphatic rings. The number of likely N-dealkylation sites (tertiary alicyclic amines) is 1.